The van der Waals surface area contributed by atoms with Crippen molar-refractivity contribution < 1.29 is 18.3 Å². The number of amides is 1. The van der Waals surface area contributed by atoms with Gasteiger partial charge in [-0.3, -0.25) is 0 Å². The molecular weight excluding hydrogens is 502 g/mol. The van der Waals surface area contributed by atoms with Crippen molar-refractivity contribution in [1.82, 2.24) is 19.9 Å². The molecule has 1 fully saturated rings. The van der Waals surface area contributed by atoms with Crippen molar-refractivity contribution in [2.45, 2.75) is 26.4 Å². The number of hydrogen-bond donors (Lipinski definition) is 1. The zero-order valence-corrected chi connectivity index (χ0v) is 21.3. The third-order valence-electron chi connectivity index (χ3n) is 6.09. The van der Waals surface area contributed by atoms with Gasteiger partial charge in [-0.1, -0.05) is 23.7 Å². The molecule has 0 radical (unpaired) electrons. The molecule has 8 nitrogen and oxygen atoms in total. The Bertz CT molecular complexity index is 1530. The number of nitrogen functional groups attached to an aromatic ring is 1. The van der Waals surface area contributed by atoms with Gasteiger partial charge in [-0.2, -0.15) is 0 Å². The Hall–Kier alpha value is -3.79. The second-order valence-electron chi connectivity index (χ2n) is 9.83. The van der Waals surface area contributed by atoms with Gasteiger partial charge in [0.2, 0.25) is 0 Å². The lowest BCUT2D eigenvalue weighted by molar-refractivity contribution is 0.0240. The first-order chi connectivity index (χ1) is 17.5. The number of piperazine rings is 1. The molecule has 37 heavy (non-hydrogen) atoms. The van der Waals surface area contributed by atoms with Crippen LogP contribution in [0.1, 0.15) is 20.8 Å². The summed E-state index contributed by atoms with van der Waals surface area (Å²) in [5, 5.41) is 1.01. The number of ether oxygens (including phenoxy) is 1. The van der Waals surface area contributed by atoms with Crippen LogP contribution in [0.2, 0.25) is 5.02 Å². The highest BCUT2D eigenvalue weighted by atomic mass is 35.5. The Balaban J connectivity index is 1.54. The summed E-state index contributed by atoms with van der Waals surface area (Å²) in [7, 11) is 0. The van der Waals surface area contributed by atoms with E-state index in [0.717, 1.165) is 0 Å². The number of halogens is 3. The maximum atomic E-state index is 16.0. The van der Waals surface area contributed by atoms with Gasteiger partial charge in [0, 0.05) is 37.0 Å². The number of fused-ring (bicyclic) bond motifs is 2. The van der Waals surface area contributed by atoms with E-state index in [4.69, 9.17) is 22.1 Å². The first kappa shape index (κ1) is 24.9. The molecule has 0 bridgehead atoms. The van der Waals surface area contributed by atoms with Gasteiger partial charge in [-0.05, 0) is 44.4 Å². The van der Waals surface area contributed by atoms with Crippen LogP contribution in [0.15, 0.2) is 36.7 Å². The number of nitrogens with two attached hydrogens (primary N) is 1. The highest BCUT2D eigenvalue weighted by molar-refractivity contribution is 6.34. The van der Waals surface area contributed by atoms with Gasteiger partial charge in [0.05, 0.1) is 16.3 Å². The molecule has 4 aromatic rings. The molecule has 0 saturated carbocycles. The van der Waals surface area contributed by atoms with E-state index in [1.54, 1.807) is 23.1 Å². The van der Waals surface area contributed by atoms with Gasteiger partial charge in [0.25, 0.3) is 0 Å². The molecule has 0 spiro atoms. The first-order valence-electron chi connectivity index (χ1n) is 11.7. The van der Waals surface area contributed by atoms with Crippen LogP contribution in [0.25, 0.3) is 32.9 Å². The minimum absolute atomic E-state index is 0.00337. The van der Waals surface area contributed by atoms with Crippen molar-refractivity contribution in [3.63, 3.8) is 0 Å². The average molecular weight is 527 g/mol. The van der Waals surface area contributed by atoms with Crippen LogP contribution in [0, 0.1) is 11.6 Å². The summed E-state index contributed by atoms with van der Waals surface area (Å²) in [5.74, 6) is -0.726. The Morgan fingerprint density at radius 1 is 1.11 bits per heavy atom. The number of hydrogen-bond acceptors (Lipinski definition) is 7. The molecule has 0 unspecified atom stereocenters. The first-order valence-corrected chi connectivity index (χ1v) is 12.1. The summed E-state index contributed by atoms with van der Waals surface area (Å²) in [5.41, 5.74) is 5.29. The second kappa shape index (κ2) is 9.26. The fraction of sp³-hybridized carbons (Fsp3) is 0.308. The van der Waals surface area contributed by atoms with E-state index in [2.05, 4.69) is 15.0 Å². The van der Waals surface area contributed by atoms with E-state index in [0.29, 0.717) is 42.8 Å². The highest BCUT2D eigenvalue weighted by Gasteiger charge is 2.28. The van der Waals surface area contributed by atoms with E-state index in [1.807, 2.05) is 25.7 Å². The highest BCUT2D eigenvalue weighted by Crippen LogP contribution is 2.40. The predicted octanol–water partition coefficient (Wildman–Crippen LogP) is 5.42. The van der Waals surface area contributed by atoms with Crippen LogP contribution in [-0.2, 0) is 4.74 Å². The maximum absolute atomic E-state index is 16.0. The molecule has 0 aliphatic carbocycles. The quantitative estimate of drug-likeness (QED) is 0.372. The number of pyridine rings is 1. The summed E-state index contributed by atoms with van der Waals surface area (Å²) < 4.78 is 36.3. The van der Waals surface area contributed by atoms with Gasteiger partial charge < -0.3 is 20.3 Å². The summed E-state index contributed by atoms with van der Waals surface area (Å²) in [6, 6.07) is 7.56. The number of aromatic nitrogens is 3. The Labute approximate surface area is 217 Å². The smallest absolute Gasteiger partial charge is 0.410 e. The molecule has 11 heteroatoms. The van der Waals surface area contributed by atoms with Gasteiger partial charge >= 0.3 is 6.09 Å². The van der Waals surface area contributed by atoms with Crippen molar-refractivity contribution in [2.24, 2.45) is 0 Å². The van der Waals surface area contributed by atoms with Crippen molar-refractivity contribution in [3.05, 3.63) is 53.3 Å². The molecule has 3 heterocycles. The lowest BCUT2D eigenvalue weighted by Gasteiger charge is -2.36. The monoisotopic (exact) mass is 526 g/mol. The Morgan fingerprint density at radius 2 is 1.84 bits per heavy atom. The van der Waals surface area contributed by atoms with Gasteiger partial charge in [-0.25, -0.2) is 28.5 Å². The zero-order valence-electron chi connectivity index (χ0n) is 20.6. The van der Waals surface area contributed by atoms with Gasteiger partial charge in [0.1, 0.15) is 34.9 Å². The summed E-state index contributed by atoms with van der Waals surface area (Å²) in [6.45, 7) is 7.18. The van der Waals surface area contributed by atoms with Crippen molar-refractivity contribution in [2.75, 3.05) is 36.8 Å². The molecule has 2 aromatic heterocycles. The second-order valence-corrected chi connectivity index (χ2v) is 10.2. The number of carbonyl (C=O) groups is 1. The molecule has 1 saturated heterocycles. The Morgan fingerprint density at radius 3 is 2.54 bits per heavy atom. The van der Waals surface area contributed by atoms with Crippen LogP contribution < -0.4 is 10.6 Å². The summed E-state index contributed by atoms with van der Waals surface area (Å²) in [4.78, 5) is 28.8. The van der Waals surface area contributed by atoms with Crippen LogP contribution in [-0.4, -0.2) is 57.7 Å². The zero-order chi connectivity index (χ0) is 26.5. The molecule has 192 valence electrons. The van der Waals surface area contributed by atoms with Crippen molar-refractivity contribution in [3.8, 4) is 11.3 Å². The lowest BCUT2D eigenvalue weighted by Crippen LogP contribution is -2.50. The summed E-state index contributed by atoms with van der Waals surface area (Å²) in [6.07, 6.45) is 0.886. The topological polar surface area (TPSA) is 97.5 Å². The van der Waals surface area contributed by atoms with E-state index in [-0.39, 0.29) is 39.1 Å². The largest absolute Gasteiger partial charge is 0.444 e. The van der Waals surface area contributed by atoms with Crippen LogP contribution in [0.5, 0.6) is 0 Å². The molecule has 1 aliphatic rings. The number of nitrogens with zero attached hydrogens (tertiary/aromatic N) is 5. The molecule has 1 amide bonds. The van der Waals surface area contributed by atoms with Gasteiger partial charge in [-0.15, -0.1) is 0 Å². The number of anilines is 2. The third kappa shape index (κ3) is 4.69. The normalized spacial score (nSPS) is 14.4. The van der Waals surface area contributed by atoms with E-state index in [9.17, 15) is 9.18 Å². The summed E-state index contributed by atoms with van der Waals surface area (Å²) >= 11 is 6.60. The molecule has 0 atom stereocenters. The molecule has 5 rings (SSSR count). The Kier molecular flexibility index (Phi) is 6.23. The van der Waals surface area contributed by atoms with E-state index >= 15 is 4.39 Å². The minimum atomic E-state index is -0.749. The predicted molar refractivity (Wildman–Crippen MR) is 140 cm³/mol. The van der Waals surface area contributed by atoms with Crippen LogP contribution in [0.4, 0.5) is 25.2 Å². The maximum Gasteiger partial charge on any atom is 0.410 e. The number of benzene rings is 2. The number of rotatable bonds is 2. The molecule has 1 aliphatic heterocycles. The van der Waals surface area contributed by atoms with E-state index in [1.165, 1.54) is 18.5 Å². The molecule has 2 aromatic carbocycles. The van der Waals surface area contributed by atoms with Crippen molar-refractivity contribution in [1.29, 1.82) is 0 Å². The number of carbonyl (C=O) groups excluding carboxylic acids is 1. The van der Waals surface area contributed by atoms with E-state index < -0.39 is 17.2 Å². The minimum Gasteiger partial charge on any atom is -0.444 e. The van der Waals surface area contributed by atoms with Gasteiger partial charge in [0.15, 0.2) is 5.82 Å². The fourth-order valence-electron chi connectivity index (χ4n) is 4.48. The van der Waals surface area contributed by atoms with Crippen LogP contribution >= 0.6 is 11.6 Å². The third-order valence-corrected chi connectivity index (χ3v) is 6.39. The molecule has 2 N–H and O–H groups in total. The van der Waals surface area contributed by atoms with Crippen molar-refractivity contribution >= 4 is 51.0 Å². The van der Waals surface area contributed by atoms with Crippen LogP contribution in [0.3, 0.4) is 0 Å². The lowest BCUT2D eigenvalue weighted by atomic mass is 10.0. The average Bonchev–Trinajstić information content (AvgIpc) is 2.82. The fourth-order valence-corrected chi connectivity index (χ4v) is 4.76. The molecular formula is C26H25ClF2N6O2. The standard InChI is InChI=1S/C26H25ClF2N6O2/c1-26(2,3)37-25(36)35-9-7-34(8-10-35)24-15-12-16(27)20(21(29)22(15)31-13-32-24)23-19-14(11-18(30)33-23)5-4-6-17(19)28/h4-6,11-13H,7-10H2,1-3H3,(H2,30,33). The SMILES string of the molecule is CC(C)(C)OC(=O)N1CCN(c2ncnc3c(F)c(-c4nc(N)cc5cccc(F)c45)c(Cl)cc23)CC1.